The first-order valence-corrected chi connectivity index (χ1v) is 6.28. The van der Waals surface area contributed by atoms with Gasteiger partial charge in [0.2, 0.25) is 0 Å². The molecule has 0 saturated heterocycles. The fourth-order valence-corrected chi connectivity index (χ4v) is 1.71. The highest BCUT2D eigenvalue weighted by molar-refractivity contribution is 5.86. The molecule has 0 saturated carbocycles. The van der Waals surface area contributed by atoms with E-state index in [-0.39, 0.29) is 5.78 Å². The van der Waals surface area contributed by atoms with Crippen LogP contribution in [0.3, 0.4) is 0 Å². The molecule has 0 aromatic rings. The molecule has 1 atom stereocenters. The average Bonchev–Trinajstić information content (AvgIpc) is 2.25. The van der Waals surface area contributed by atoms with E-state index in [0.717, 1.165) is 19.3 Å². The normalized spacial score (nSPS) is 14.9. The number of ether oxygens (including phenoxy) is 1. The Bertz CT molecular complexity index is 177. The Morgan fingerprint density at radius 2 is 1.80 bits per heavy atom. The Morgan fingerprint density at radius 1 is 1.13 bits per heavy atom. The predicted octanol–water partition coefficient (Wildman–Crippen LogP) is 3.73. The van der Waals surface area contributed by atoms with Crippen LogP contribution in [0.5, 0.6) is 0 Å². The Balaban J connectivity index is 4.20. The van der Waals surface area contributed by atoms with Gasteiger partial charge in [-0.15, -0.1) is 0 Å². The summed E-state index contributed by atoms with van der Waals surface area (Å²) in [6.07, 6.45) is 5.87. The van der Waals surface area contributed by atoms with Crippen LogP contribution in [-0.4, -0.2) is 18.0 Å². The van der Waals surface area contributed by atoms with Crippen LogP contribution in [0.25, 0.3) is 0 Å². The van der Waals surface area contributed by atoms with Crippen molar-refractivity contribution in [3.8, 4) is 0 Å². The summed E-state index contributed by atoms with van der Waals surface area (Å²) >= 11 is 0. The average molecular weight is 214 g/mol. The molecule has 0 aliphatic carbocycles. The predicted molar refractivity (Wildman–Crippen MR) is 64.1 cm³/mol. The zero-order valence-corrected chi connectivity index (χ0v) is 10.8. The van der Waals surface area contributed by atoms with Crippen LogP contribution in [0.4, 0.5) is 0 Å². The van der Waals surface area contributed by atoms with Gasteiger partial charge in [0.25, 0.3) is 0 Å². The smallest absolute Gasteiger partial charge is 0.164 e. The van der Waals surface area contributed by atoms with Crippen LogP contribution < -0.4 is 0 Å². The van der Waals surface area contributed by atoms with Crippen molar-refractivity contribution in [1.29, 1.82) is 0 Å². The second-order valence-electron chi connectivity index (χ2n) is 4.31. The molecule has 0 radical (unpaired) electrons. The van der Waals surface area contributed by atoms with E-state index in [9.17, 15) is 4.79 Å². The van der Waals surface area contributed by atoms with Gasteiger partial charge in [0.05, 0.1) is 0 Å². The van der Waals surface area contributed by atoms with Crippen molar-refractivity contribution in [1.82, 2.24) is 0 Å². The lowest BCUT2D eigenvalue weighted by molar-refractivity contribution is -0.143. The van der Waals surface area contributed by atoms with Crippen LogP contribution in [0.2, 0.25) is 0 Å². The Morgan fingerprint density at radius 3 is 2.27 bits per heavy atom. The van der Waals surface area contributed by atoms with Crippen LogP contribution in [0, 0.1) is 0 Å². The number of hydrogen-bond donors (Lipinski definition) is 0. The van der Waals surface area contributed by atoms with E-state index in [2.05, 4.69) is 13.8 Å². The fourth-order valence-electron chi connectivity index (χ4n) is 1.71. The zero-order chi connectivity index (χ0) is 11.7. The lowest BCUT2D eigenvalue weighted by Crippen LogP contribution is -2.38. The van der Waals surface area contributed by atoms with Gasteiger partial charge in [-0.3, -0.25) is 4.79 Å². The summed E-state index contributed by atoms with van der Waals surface area (Å²) in [6.45, 7) is 8.79. The molecule has 0 bridgehead atoms. The minimum absolute atomic E-state index is 0.243. The first kappa shape index (κ1) is 14.6. The molecule has 0 N–H and O–H groups in total. The summed E-state index contributed by atoms with van der Waals surface area (Å²) in [5, 5.41) is 0. The van der Waals surface area contributed by atoms with Crippen molar-refractivity contribution in [2.75, 3.05) is 6.61 Å². The van der Waals surface area contributed by atoms with Crippen molar-refractivity contribution in [2.24, 2.45) is 0 Å². The van der Waals surface area contributed by atoms with Gasteiger partial charge in [-0.1, -0.05) is 40.0 Å². The summed E-state index contributed by atoms with van der Waals surface area (Å²) in [5.74, 6) is 0.243. The van der Waals surface area contributed by atoms with E-state index >= 15 is 0 Å². The fraction of sp³-hybridized carbons (Fsp3) is 0.923. The molecule has 15 heavy (non-hydrogen) atoms. The Labute approximate surface area is 94.4 Å². The molecule has 0 heterocycles. The Kier molecular flexibility index (Phi) is 7.67. The molecule has 0 fully saturated rings. The van der Waals surface area contributed by atoms with E-state index < -0.39 is 5.60 Å². The molecule has 0 amide bonds. The Hall–Kier alpha value is -0.370. The highest BCUT2D eigenvalue weighted by Crippen LogP contribution is 2.22. The molecule has 2 nitrogen and oxygen atoms in total. The molecule has 0 aromatic carbocycles. The van der Waals surface area contributed by atoms with Crippen molar-refractivity contribution < 1.29 is 9.53 Å². The largest absolute Gasteiger partial charge is 0.368 e. The van der Waals surface area contributed by atoms with E-state index in [0.29, 0.717) is 13.0 Å². The van der Waals surface area contributed by atoms with Crippen molar-refractivity contribution >= 4 is 5.78 Å². The van der Waals surface area contributed by atoms with E-state index in [1.807, 2.05) is 13.8 Å². The maximum atomic E-state index is 11.8. The number of ketones is 1. The van der Waals surface area contributed by atoms with E-state index in [1.165, 1.54) is 12.8 Å². The minimum Gasteiger partial charge on any atom is -0.368 e. The highest BCUT2D eigenvalue weighted by Gasteiger charge is 2.31. The molecule has 0 rings (SSSR count). The van der Waals surface area contributed by atoms with Crippen LogP contribution in [-0.2, 0) is 9.53 Å². The second-order valence-corrected chi connectivity index (χ2v) is 4.31. The second kappa shape index (κ2) is 7.86. The van der Waals surface area contributed by atoms with Crippen LogP contribution in [0.15, 0.2) is 0 Å². The molecule has 0 spiro atoms. The van der Waals surface area contributed by atoms with E-state index in [4.69, 9.17) is 4.74 Å². The molecule has 90 valence electrons. The zero-order valence-electron chi connectivity index (χ0n) is 10.8. The SMILES string of the molecule is CCCCCC(C)(OCCC)C(=O)CC. The van der Waals surface area contributed by atoms with Gasteiger partial charge in [0.15, 0.2) is 5.78 Å². The van der Waals surface area contributed by atoms with Gasteiger partial charge in [-0.2, -0.15) is 0 Å². The summed E-state index contributed by atoms with van der Waals surface area (Å²) in [6, 6.07) is 0. The standard InChI is InChI=1S/C13H26O2/c1-5-8-9-10-13(4,12(14)7-3)15-11-6-2/h5-11H2,1-4H3. The third-order valence-electron chi connectivity index (χ3n) is 2.79. The van der Waals surface area contributed by atoms with Gasteiger partial charge in [-0.05, 0) is 19.8 Å². The minimum atomic E-state index is -0.528. The van der Waals surface area contributed by atoms with Gasteiger partial charge >= 0.3 is 0 Å². The quantitative estimate of drug-likeness (QED) is 0.547. The lowest BCUT2D eigenvalue weighted by Gasteiger charge is -2.28. The molecule has 0 aliphatic heterocycles. The maximum absolute atomic E-state index is 11.8. The summed E-state index contributed by atoms with van der Waals surface area (Å²) in [7, 11) is 0. The van der Waals surface area contributed by atoms with Gasteiger partial charge in [-0.25, -0.2) is 0 Å². The molecule has 0 aromatic heterocycles. The molecule has 1 unspecified atom stereocenters. The van der Waals surface area contributed by atoms with Crippen molar-refractivity contribution in [3.63, 3.8) is 0 Å². The van der Waals surface area contributed by atoms with Gasteiger partial charge in [0, 0.05) is 13.0 Å². The monoisotopic (exact) mass is 214 g/mol. The first-order chi connectivity index (χ1) is 7.10. The third-order valence-corrected chi connectivity index (χ3v) is 2.79. The highest BCUT2D eigenvalue weighted by atomic mass is 16.5. The third kappa shape index (κ3) is 5.31. The molecular formula is C13H26O2. The molecule has 0 aliphatic rings. The first-order valence-electron chi connectivity index (χ1n) is 6.28. The van der Waals surface area contributed by atoms with Crippen LogP contribution >= 0.6 is 0 Å². The summed E-state index contributed by atoms with van der Waals surface area (Å²) in [4.78, 5) is 11.8. The number of rotatable bonds is 9. The molecule has 2 heteroatoms. The maximum Gasteiger partial charge on any atom is 0.164 e. The number of hydrogen-bond acceptors (Lipinski definition) is 2. The molecular weight excluding hydrogens is 188 g/mol. The van der Waals surface area contributed by atoms with Gasteiger partial charge in [0.1, 0.15) is 5.60 Å². The summed E-state index contributed by atoms with van der Waals surface area (Å²) < 4.78 is 5.73. The lowest BCUT2D eigenvalue weighted by atomic mass is 9.92. The van der Waals surface area contributed by atoms with E-state index in [1.54, 1.807) is 0 Å². The summed E-state index contributed by atoms with van der Waals surface area (Å²) in [5.41, 5.74) is -0.528. The van der Waals surface area contributed by atoms with Crippen LogP contribution in [0.1, 0.15) is 66.2 Å². The van der Waals surface area contributed by atoms with Crippen molar-refractivity contribution in [2.45, 2.75) is 71.8 Å². The number of unbranched alkanes of at least 4 members (excludes halogenated alkanes) is 2. The number of carbonyl (C=O) groups is 1. The topological polar surface area (TPSA) is 26.3 Å². The number of carbonyl (C=O) groups excluding carboxylic acids is 1. The van der Waals surface area contributed by atoms with Gasteiger partial charge < -0.3 is 4.74 Å². The number of Topliss-reactive ketones (excluding diaryl/α,β-unsaturated/α-hetero) is 1. The van der Waals surface area contributed by atoms with Crippen molar-refractivity contribution in [3.05, 3.63) is 0 Å².